The number of hydroxylamine groups is 1. The molecule has 0 bridgehead atoms. The Bertz CT molecular complexity index is 1640. The second-order valence-corrected chi connectivity index (χ2v) is 12.8. The van der Waals surface area contributed by atoms with Crippen molar-refractivity contribution in [2.75, 3.05) is 46.3 Å². The normalized spacial score (nSPS) is 20.9. The lowest BCUT2D eigenvalue weighted by molar-refractivity contribution is 0.108. The minimum absolute atomic E-state index is 0.265. The predicted molar refractivity (Wildman–Crippen MR) is 170 cm³/mol. The molecule has 2 heterocycles. The van der Waals surface area contributed by atoms with Gasteiger partial charge in [-0.3, -0.25) is 18.8 Å². The third kappa shape index (κ3) is 7.20. The number of carbonyl (C=O) groups is 1. The number of hydrogen-bond acceptors (Lipinski definition) is 8. The van der Waals surface area contributed by atoms with Gasteiger partial charge in [-0.05, 0) is 62.6 Å². The van der Waals surface area contributed by atoms with Gasteiger partial charge in [0.2, 0.25) is 0 Å². The van der Waals surface area contributed by atoms with Gasteiger partial charge in [-0.15, -0.1) is 0 Å². The average Bonchev–Trinajstić information content (AvgIpc) is 3.39. The highest BCUT2D eigenvalue weighted by atomic mass is 32.2. The fourth-order valence-electron chi connectivity index (χ4n) is 6.25. The topological polar surface area (TPSA) is 127 Å². The molecule has 2 amide bonds. The van der Waals surface area contributed by atoms with E-state index < -0.39 is 53.5 Å². The molecule has 1 saturated carbocycles. The number of aliphatic hydroxyl groups excluding tert-OH is 1. The Balaban J connectivity index is 1.64. The number of hydrogen-bond donors (Lipinski definition) is 3. The summed E-state index contributed by atoms with van der Waals surface area (Å²) >= 11 is 1.32. The molecule has 11 nitrogen and oxygen atoms in total. The van der Waals surface area contributed by atoms with Crippen molar-refractivity contribution >= 4 is 23.5 Å². The number of rotatable bonds is 11. The van der Waals surface area contributed by atoms with E-state index in [-0.39, 0.29) is 10.8 Å². The minimum atomic E-state index is -0.782. The van der Waals surface area contributed by atoms with E-state index in [9.17, 15) is 28.3 Å². The number of ether oxygens (including phenoxy) is 1. The molecule has 2 unspecified atom stereocenters. The highest BCUT2D eigenvalue weighted by molar-refractivity contribution is 7.99. The van der Waals surface area contributed by atoms with Gasteiger partial charge in [-0.25, -0.2) is 23.9 Å². The van der Waals surface area contributed by atoms with Crippen LogP contribution in [-0.2, 0) is 16.1 Å². The van der Waals surface area contributed by atoms with Crippen LogP contribution in [0.5, 0.6) is 0 Å². The molecule has 0 saturated heterocycles. The van der Waals surface area contributed by atoms with Crippen LogP contribution in [0.3, 0.4) is 0 Å². The molecule has 1 aromatic heterocycles. The van der Waals surface area contributed by atoms with E-state index in [0.717, 1.165) is 17.7 Å². The van der Waals surface area contributed by atoms with Gasteiger partial charge in [0.15, 0.2) is 0 Å². The number of benzene rings is 2. The van der Waals surface area contributed by atoms with Crippen molar-refractivity contribution in [1.82, 2.24) is 19.5 Å². The first kappa shape index (κ1) is 33.8. The standard InChI is InChI=1S/C32H39F2N5O6S/c1-37(15-16-44-2)17-24-27-29(41)39(21-11-13-22(40)14-12-21)32(43)38(18-23-25(33)5-4-6-26(23)34)30(27)46-28(24)19-7-9-20(10-8-19)35-31(42)36-45-3/h4-10,21-22,24,28,40H,11-18H2,1-3H3,(H2,35,36,42). The van der Waals surface area contributed by atoms with Gasteiger partial charge < -0.3 is 20.1 Å². The Labute approximate surface area is 269 Å². The monoisotopic (exact) mass is 659 g/mol. The number of amides is 2. The third-order valence-electron chi connectivity index (χ3n) is 8.62. The largest absolute Gasteiger partial charge is 0.393 e. The summed E-state index contributed by atoms with van der Waals surface area (Å²) in [6.45, 7) is 1.11. The predicted octanol–water partition coefficient (Wildman–Crippen LogP) is 4.00. The molecule has 2 aromatic carbocycles. The summed E-state index contributed by atoms with van der Waals surface area (Å²) in [5, 5.41) is 12.8. The Kier molecular flexibility index (Phi) is 10.9. The number of urea groups is 1. The highest BCUT2D eigenvalue weighted by Crippen LogP contribution is 2.53. The first-order valence-corrected chi connectivity index (χ1v) is 16.0. The van der Waals surface area contributed by atoms with Gasteiger partial charge in [0.25, 0.3) is 5.56 Å². The molecule has 46 heavy (non-hydrogen) atoms. The van der Waals surface area contributed by atoms with E-state index in [2.05, 4.69) is 20.5 Å². The molecule has 1 fully saturated rings. The van der Waals surface area contributed by atoms with Crippen LogP contribution in [0.25, 0.3) is 0 Å². The first-order valence-electron chi connectivity index (χ1n) is 15.2. The number of anilines is 1. The number of nitrogens with zero attached hydrogens (tertiary/aromatic N) is 3. The lowest BCUT2D eigenvalue weighted by atomic mass is 9.91. The molecule has 248 valence electrons. The quantitative estimate of drug-likeness (QED) is 0.208. The molecule has 5 rings (SSSR count). The lowest BCUT2D eigenvalue weighted by Crippen LogP contribution is -2.46. The van der Waals surface area contributed by atoms with Gasteiger partial charge in [0.05, 0.1) is 37.0 Å². The van der Waals surface area contributed by atoms with E-state index in [1.54, 1.807) is 19.2 Å². The van der Waals surface area contributed by atoms with Crippen LogP contribution in [0.1, 0.15) is 59.6 Å². The number of fused-ring (bicyclic) bond motifs is 1. The molecule has 0 spiro atoms. The third-order valence-corrected chi connectivity index (χ3v) is 10.1. The lowest BCUT2D eigenvalue weighted by Gasteiger charge is -2.29. The molecular formula is C32H39F2N5O6S. The summed E-state index contributed by atoms with van der Waals surface area (Å²) in [5.74, 6) is -1.96. The molecule has 2 aliphatic rings. The number of aliphatic hydroxyl groups is 1. The van der Waals surface area contributed by atoms with Crippen LogP contribution in [0.4, 0.5) is 19.3 Å². The number of thioether (sulfide) groups is 1. The van der Waals surface area contributed by atoms with E-state index in [0.29, 0.717) is 61.7 Å². The van der Waals surface area contributed by atoms with Gasteiger partial charge in [-0.1, -0.05) is 30.0 Å². The van der Waals surface area contributed by atoms with Crippen molar-refractivity contribution < 1.29 is 28.3 Å². The summed E-state index contributed by atoms with van der Waals surface area (Å²) in [6.07, 6.45) is 1.25. The SMILES string of the molecule is COCCN(C)CC1c2c(n(Cc3c(F)cccc3F)c(=O)n(C3CCC(O)CC3)c2=O)SC1c1ccc(NC(=O)NOC)cc1. The van der Waals surface area contributed by atoms with Crippen molar-refractivity contribution in [3.05, 3.63) is 91.6 Å². The van der Waals surface area contributed by atoms with E-state index in [1.165, 1.54) is 34.1 Å². The van der Waals surface area contributed by atoms with Gasteiger partial charge in [-0.2, -0.15) is 0 Å². The molecular weight excluding hydrogens is 620 g/mol. The van der Waals surface area contributed by atoms with Crippen molar-refractivity contribution in [2.45, 2.75) is 60.6 Å². The second kappa shape index (κ2) is 14.9. The maximum atomic E-state index is 15.0. The zero-order valence-electron chi connectivity index (χ0n) is 26.0. The zero-order valence-corrected chi connectivity index (χ0v) is 26.8. The minimum Gasteiger partial charge on any atom is -0.393 e. The Morgan fingerprint density at radius 2 is 1.74 bits per heavy atom. The maximum Gasteiger partial charge on any atom is 0.343 e. The molecule has 1 aliphatic carbocycles. The summed E-state index contributed by atoms with van der Waals surface area (Å²) < 4.78 is 37.8. The fourth-order valence-corrected chi connectivity index (χ4v) is 7.81. The fraction of sp³-hybridized carbons (Fsp3) is 0.469. The summed E-state index contributed by atoms with van der Waals surface area (Å²) in [5.41, 5.74) is 2.66. The summed E-state index contributed by atoms with van der Waals surface area (Å²) in [6, 6.07) is 9.70. The molecule has 1 aliphatic heterocycles. The van der Waals surface area contributed by atoms with E-state index in [4.69, 9.17) is 4.74 Å². The number of aromatic nitrogens is 2. The van der Waals surface area contributed by atoms with Crippen LogP contribution in [0.15, 0.2) is 57.1 Å². The number of carbonyl (C=O) groups excluding carboxylic acids is 1. The summed E-state index contributed by atoms with van der Waals surface area (Å²) in [7, 11) is 4.86. The number of nitrogens with one attached hydrogen (secondary N) is 2. The molecule has 3 aromatic rings. The molecule has 0 radical (unpaired) electrons. The van der Waals surface area contributed by atoms with Gasteiger partial charge >= 0.3 is 11.7 Å². The van der Waals surface area contributed by atoms with Crippen molar-refractivity contribution in [3.63, 3.8) is 0 Å². The van der Waals surface area contributed by atoms with Crippen LogP contribution in [0, 0.1) is 11.6 Å². The van der Waals surface area contributed by atoms with Crippen molar-refractivity contribution in [3.8, 4) is 0 Å². The van der Waals surface area contributed by atoms with Gasteiger partial charge in [0.1, 0.15) is 11.6 Å². The Morgan fingerprint density at radius 1 is 1.07 bits per heavy atom. The molecule has 2 atom stereocenters. The van der Waals surface area contributed by atoms with Crippen molar-refractivity contribution in [2.24, 2.45) is 0 Å². The first-order chi connectivity index (χ1) is 22.1. The maximum absolute atomic E-state index is 15.0. The highest BCUT2D eigenvalue weighted by Gasteiger charge is 2.42. The number of halogens is 2. The Hall–Kier alpha value is -3.56. The summed E-state index contributed by atoms with van der Waals surface area (Å²) in [4.78, 5) is 47.3. The van der Waals surface area contributed by atoms with Crippen LogP contribution in [0.2, 0.25) is 0 Å². The number of likely N-dealkylation sites (N-methyl/N-ethyl adjacent to an activating group) is 1. The van der Waals surface area contributed by atoms with Crippen LogP contribution >= 0.6 is 11.8 Å². The average molecular weight is 660 g/mol. The molecule has 14 heteroatoms. The van der Waals surface area contributed by atoms with E-state index in [1.807, 2.05) is 19.2 Å². The smallest absolute Gasteiger partial charge is 0.343 e. The van der Waals surface area contributed by atoms with Crippen LogP contribution < -0.4 is 22.0 Å². The van der Waals surface area contributed by atoms with Crippen LogP contribution in [-0.4, -0.2) is 72.2 Å². The Morgan fingerprint density at radius 3 is 2.37 bits per heavy atom. The van der Waals surface area contributed by atoms with Gasteiger partial charge in [0, 0.05) is 48.7 Å². The zero-order chi connectivity index (χ0) is 33.0. The number of methoxy groups -OCH3 is 1. The van der Waals surface area contributed by atoms with E-state index >= 15 is 0 Å². The second-order valence-electron chi connectivity index (χ2n) is 11.7. The molecule has 3 N–H and O–H groups in total. The van der Waals surface area contributed by atoms with Crippen molar-refractivity contribution in [1.29, 1.82) is 0 Å².